The van der Waals surface area contributed by atoms with E-state index in [-0.39, 0.29) is 6.04 Å². The van der Waals surface area contributed by atoms with Gasteiger partial charge in [0, 0.05) is 23.0 Å². The summed E-state index contributed by atoms with van der Waals surface area (Å²) in [6.45, 7) is 2.10. The zero-order valence-electron chi connectivity index (χ0n) is 10.3. The second-order valence-electron chi connectivity index (χ2n) is 4.13. The lowest BCUT2D eigenvalue weighted by atomic mass is 10.1. The van der Waals surface area contributed by atoms with Gasteiger partial charge < -0.3 is 0 Å². The molecular formula is C14H17N3S. The summed E-state index contributed by atoms with van der Waals surface area (Å²) in [6, 6.07) is 12.6. The van der Waals surface area contributed by atoms with Gasteiger partial charge in [0.1, 0.15) is 0 Å². The van der Waals surface area contributed by atoms with E-state index in [0.29, 0.717) is 0 Å². The zero-order chi connectivity index (χ0) is 12.8. The van der Waals surface area contributed by atoms with Crippen LogP contribution in [0.15, 0.2) is 53.7 Å². The molecule has 0 amide bonds. The summed E-state index contributed by atoms with van der Waals surface area (Å²) in [5.74, 6) is 6.49. The van der Waals surface area contributed by atoms with E-state index in [2.05, 4.69) is 41.6 Å². The smallest absolute Gasteiger partial charge is 0.0569 e. The second kappa shape index (κ2) is 6.54. The molecule has 18 heavy (non-hydrogen) atoms. The Morgan fingerprint density at radius 2 is 2.22 bits per heavy atom. The SMILES string of the molecule is Cc1cccc(SCC(NN)c2cccnc2)c1. The first-order chi connectivity index (χ1) is 8.79. The number of aromatic nitrogens is 1. The Balaban J connectivity index is 2.00. The Bertz CT molecular complexity index is 487. The van der Waals surface area contributed by atoms with E-state index in [1.165, 1.54) is 10.5 Å². The Kier molecular flexibility index (Phi) is 4.75. The predicted octanol–water partition coefficient (Wildman–Crippen LogP) is 2.69. The molecular weight excluding hydrogens is 242 g/mol. The Morgan fingerprint density at radius 3 is 2.89 bits per heavy atom. The zero-order valence-corrected chi connectivity index (χ0v) is 11.2. The lowest BCUT2D eigenvalue weighted by molar-refractivity contribution is 0.608. The highest BCUT2D eigenvalue weighted by atomic mass is 32.2. The molecule has 2 aromatic rings. The average molecular weight is 259 g/mol. The van der Waals surface area contributed by atoms with E-state index in [1.807, 2.05) is 18.3 Å². The lowest BCUT2D eigenvalue weighted by Crippen LogP contribution is -2.29. The molecule has 0 fully saturated rings. The maximum Gasteiger partial charge on any atom is 0.0569 e. The van der Waals surface area contributed by atoms with Crippen LogP contribution in [0, 0.1) is 6.92 Å². The van der Waals surface area contributed by atoms with E-state index in [0.717, 1.165) is 11.3 Å². The van der Waals surface area contributed by atoms with Gasteiger partial charge in [-0.1, -0.05) is 23.8 Å². The number of nitrogens with zero attached hydrogens (tertiary/aromatic N) is 1. The molecule has 1 atom stereocenters. The largest absolute Gasteiger partial charge is 0.271 e. The summed E-state index contributed by atoms with van der Waals surface area (Å²) in [4.78, 5) is 5.38. The number of nitrogens with two attached hydrogens (primary N) is 1. The number of rotatable bonds is 5. The summed E-state index contributed by atoms with van der Waals surface area (Å²) in [7, 11) is 0. The summed E-state index contributed by atoms with van der Waals surface area (Å²) in [5.41, 5.74) is 5.23. The van der Waals surface area contributed by atoms with Gasteiger partial charge in [-0.15, -0.1) is 11.8 Å². The molecule has 0 radical (unpaired) electrons. The maximum atomic E-state index is 5.61. The monoisotopic (exact) mass is 259 g/mol. The third-order valence-electron chi connectivity index (χ3n) is 2.69. The van der Waals surface area contributed by atoms with Crippen LogP contribution >= 0.6 is 11.8 Å². The van der Waals surface area contributed by atoms with E-state index in [4.69, 9.17) is 5.84 Å². The molecule has 1 aromatic carbocycles. The van der Waals surface area contributed by atoms with Crippen LogP contribution in [0.25, 0.3) is 0 Å². The van der Waals surface area contributed by atoms with Gasteiger partial charge in [-0.25, -0.2) is 0 Å². The first-order valence-corrected chi connectivity index (χ1v) is 6.83. The number of thioether (sulfide) groups is 1. The number of benzene rings is 1. The van der Waals surface area contributed by atoms with Crippen molar-refractivity contribution >= 4 is 11.8 Å². The quantitative estimate of drug-likeness (QED) is 0.492. The Morgan fingerprint density at radius 1 is 1.33 bits per heavy atom. The number of nitrogens with one attached hydrogen (secondary N) is 1. The van der Waals surface area contributed by atoms with Crippen molar-refractivity contribution in [1.82, 2.24) is 10.4 Å². The molecule has 0 bridgehead atoms. The molecule has 3 nitrogen and oxygen atoms in total. The van der Waals surface area contributed by atoms with Crippen molar-refractivity contribution in [1.29, 1.82) is 0 Å². The molecule has 0 saturated heterocycles. The molecule has 94 valence electrons. The molecule has 1 heterocycles. The minimum absolute atomic E-state index is 0.115. The molecule has 0 aliphatic carbocycles. The number of aryl methyl sites for hydroxylation is 1. The minimum Gasteiger partial charge on any atom is -0.271 e. The summed E-state index contributed by atoms with van der Waals surface area (Å²) < 4.78 is 0. The first kappa shape index (κ1) is 13.1. The highest BCUT2D eigenvalue weighted by Crippen LogP contribution is 2.24. The fraction of sp³-hybridized carbons (Fsp3) is 0.214. The van der Waals surface area contributed by atoms with Gasteiger partial charge in [0.2, 0.25) is 0 Å². The van der Waals surface area contributed by atoms with Gasteiger partial charge in [0.05, 0.1) is 6.04 Å². The Labute approximate surface area is 112 Å². The van der Waals surface area contributed by atoms with Crippen LogP contribution in [0.2, 0.25) is 0 Å². The molecule has 1 unspecified atom stereocenters. The Hall–Kier alpha value is -1.36. The number of hydrogen-bond acceptors (Lipinski definition) is 4. The lowest BCUT2D eigenvalue weighted by Gasteiger charge is -2.15. The molecule has 0 aliphatic rings. The van der Waals surface area contributed by atoms with E-state index in [9.17, 15) is 0 Å². The number of hydrazine groups is 1. The normalized spacial score (nSPS) is 12.3. The van der Waals surface area contributed by atoms with Crippen LogP contribution in [0.1, 0.15) is 17.2 Å². The predicted molar refractivity (Wildman–Crippen MR) is 76.2 cm³/mol. The first-order valence-electron chi connectivity index (χ1n) is 5.85. The van der Waals surface area contributed by atoms with Crippen molar-refractivity contribution in [2.75, 3.05) is 5.75 Å². The van der Waals surface area contributed by atoms with Crippen LogP contribution in [-0.4, -0.2) is 10.7 Å². The van der Waals surface area contributed by atoms with Crippen LogP contribution in [0.5, 0.6) is 0 Å². The molecule has 1 aromatic heterocycles. The topological polar surface area (TPSA) is 50.9 Å². The van der Waals surface area contributed by atoms with Crippen LogP contribution in [0.3, 0.4) is 0 Å². The summed E-state index contributed by atoms with van der Waals surface area (Å²) in [5, 5.41) is 0. The molecule has 0 spiro atoms. The van der Waals surface area contributed by atoms with Gasteiger partial charge in [0.15, 0.2) is 0 Å². The molecule has 3 N–H and O–H groups in total. The van der Waals surface area contributed by atoms with Crippen molar-refractivity contribution in [2.24, 2.45) is 5.84 Å². The average Bonchev–Trinajstić information content (AvgIpc) is 2.41. The second-order valence-corrected chi connectivity index (χ2v) is 5.23. The minimum atomic E-state index is 0.115. The van der Waals surface area contributed by atoms with E-state index >= 15 is 0 Å². The molecule has 4 heteroatoms. The van der Waals surface area contributed by atoms with Gasteiger partial charge in [-0.05, 0) is 30.7 Å². The number of pyridine rings is 1. The van der Waals surface area contributed by atoms with Crippen molar-refractivity contribution < 1.29 is 0 Å². The number of hydrogen-bond donors (Lipinski definition) is 2. The van der Waals surface area contributed by atoms with Gasteiger partial charge in [-0.2, -0.15) is 0 Å². The highest BCUT2D eigenvalue weighted by molar-refractivity contribution is 7.99. The van der Waals surface area contributed by atoms with Crippen molar-refractivity contribution in [3.8, 4) is 0 Å². The van der Waals surface area contributed by atoms with Crippen LogP contribution in [0.4, 0.5) is 0 Å². The van der Waals surface area contributed by atoms with Crippen molar-refractivity contribution in [3.05, 3.63) is 59.9 Å². The van der Waals surface area contributed by atoms with Gasteiger partial charge in [-0.3, -0.25) is 16.3 Å². The van der Waals surface area contributed by atoms with Gasteiger partial charge in [0.25, 0.3) is 0 Å². The summed E-state index contributed by atoms with van der Waals surface area (Å²) in [6.07, 6.45) is 3.62. The third kappa shape index (κ3) is 3.57. The van der Waals surface area contributed by atoms with Crippen LogP contribution < -0.4 is 11.3 Å². The summed E-state index contributed by atoms with van der Waals surface area (Å²) >= 11 is 1.79. The van der Waals surface area contributed by atoms with E-state index < -0.39 is 0 Å². The highest BCUT2D eigenvalue weighted by Gasteiger charge is 2.09. The molecule has 0 aliphatic heterocycles. The van der Waals surface area contributed by atoms with Crippen molar-refractivity contribution in [2.45, 2.75) is 17.9 Å². The fourth-order valence-corrected chi connectivity index (χ4v) is 2.80. The van der Waals surface area contributed by atoms with E-state index in [1.54, 1.807) is 18.0 Å². The van der Waals surface area contributed by atoms with Crippen molar-refractivity contribution in [3.63, 3.8) is 0 Å². The van der Waals surface area contributed by atoms with Crippen LogP contribution in [-0.2, 0) is 0 Å². The molecule has 2 rings (SSSR count). The fourth-order valence-electron chi connectivity index (χ4n) is 1.71. The third-order valence-corrected chi connectivity index (χ3v) is 3.78. The molecule has 0 saturated carbocycles. The maximum absolute atomic E-state index is 5.61. The standard InChI is InChI=1S/C14H17N3S/c1-11-4-2-6-13(8-11)18-10-14(17-15)12-5-3-7-16-9-12/h2-9,14,17H,10,15H2,1H3. The van der Waals surface area contributed by atoms with Gasteiger partial charge >= 0.3 is 0 Å².